The van der Waals surface area contributed by atoms with Crippen LogP contribution in [-0.2, 0) is 12.1 Å². The second-order valence-electron chi connectivity index (χ2n) is 8.57. The van der Waals surface area contributed by atoms with E-state index in [1.165, 1.54) is 0 Å². The van der Waals surface area contributed by atoms with Crippen molar-refractivity contribution in [1.82, 2.24) is 0 Å². The van der Waals surface area contributed by atoms with Gasteiger partial charge in [0.2, 0.25) is 0 Å². The van der Waals surface area contributed by atoms with E-state index < -0.39 is 16.5 Å². The van der Waals surface area contributed by atoms with Gasteiger partial charge in [-0.2, -0.15) is 0 Å². The van der Waals surface area contributed by atoms with Gasteiger partial charge >= 0.3 is 0 Å². The summed E-state index contributed by atoms with van der Waals surface area (Å²) in [6.07, 6.45) is 1.53. The maximum absolute atomic E-state index is 12.7. The quantitative estimate of drug-likeness (QED) is 0.430. The maximum Gasteiger partial charge on any atom is 0.253 e. The van der Waals surface area contributed by atoms with E-state index >= 15 is 0 Å². The van der Waals surface area contributed by atoms with Gasteiger partial charge in [0.05, 0.1) is 6.04 Å². The third-order valence-electron chi connectivity index (χ3n) is 6.65. The Hall–Kier alpha value is -3.70. The minimum absolute atomic E-state index is 0.347. The summed E-state index contributed by atoms with van der Waals surface area (Å²) in [4.78, 5) is 27.2. The number of rotatable bonds is 7. The highest BCUT2D eigenvalue weighted by Gasteiger charge is 2.47. The Kier molecular flexibility index (Phi) is 5.56. The van der Waals surface area contributed by atoms with E-state index in [9.17, 15) is 14.7 Å². The van der Waals surface area contributed by atoms with Crippen molar-refractivity contribution in [1.29, 1.82) is 0 Å². The van der Waals surface area contributed by atoms with Crippen molar-refractivity contribution in [3.05, 3.63) is 128 Å². The first-order valence-electron chi connectivity index (χ1n) is 11.3. The second-order valence-corrected chi connectivity index (χ2v) is 8.57. The van der Waals surface area contributed by atoms with Crippen LogP contribution in [0.3, 0.4) is 0 Å². The van der Waals surface area contributed by atoms with Crippen LogP contribution in [0.4, 0.5) is 11.4 Å². The minimum Gasteiger partial charge on any atom is -0.378 e. The molecule has 1 aliphatic rings. The summed E-state index contributed by atoms with van der Waals surface area (Å²) < 4.78 is 0. The van der Waals surface area contributed by atoms with E-state index in [1.807, 2.05) is 95.9 Å². The van der Waals surface area contributed by atoms with Crippen LogP contribution < -0.4 is 21.1 Å². The molecule has 1 aliphatic heterocycles. The molecule has 5 rings (SSSR count). The summed E-state index contributed by atoms with van der Waals surface area (Å²) in [6.45, 7) is 1.07. The Bertz CT molecular complexity index is 1260. The summed E-state index contributed by atoms with van der Waals surface area (Å²) in [5.41, 5.74) is 1.00. The number of aliphatic hydroxyl groups is 1. The van der Waals surface area contributed by atoms with Gasteiger partial charge in [0, 0.05) is 13.1 Å². The van der Waals surface area contributed by atoms with Crippen LogP contribution in [0, 0.1) is 0 Å². The lowest BCUT2D eigenvalue weighted by Crippen LogP contribution is -2.52. The molecular weight excluding hydrogens is 412 g/mol. The van der Waals surface area contributed by atoms with Gasteiger partial charge in [-0.25, -0.2) is 0 Å². The lowest BCUT2D eigenvalue weighted by Gasteiger charge is -2.41. The van der Waals surface area contributed by atoms with Crippen LogP contribution in [-0.4, -0.2) is 17.7 Å². The second kappa shape index (κ2) is 8.68. The molecule has 5 heteroatoms. The van der Waals surface area contributed by atoms with E-state index in [4.69, 9.17) is 0 Å². The molecule has 33 heavy (non-hydrogen) atoms. The first kappa shape index (κ1) is 21.2. The number of anilines is 2. The molecule has 0 spiro atoms. The Morgan fingerprint density at radius 1 is 0.818 bits per heavy atom. The summed E-state index contributed by atoms with van der Waals surface area (Å²) in [7, 11) is 0. The zero-order valence-electron chi connectivity index (χ0n) is 18.3. The molecule has 4 aromatic rings. The fourth-order valence-corrected chi connectivity index (χ4v) is 5.01. The average molecular weight is 439 g/mol. The smallest absolute Gasteiger partial charge is 0.253 e. The van der Waals surface area contributed by atoms with Crippen molar-refractivity contribution >= 4 is 11.4 Å². The Labute approximate surface area is 192 Å². The van der Waals surface area contributed by atoms with E-state index in [0.717, 1.165) is 23.1 Å². The molecule has 0 aliphatic carbocycles. The highest BCUT2D eigenvalue weighted by Crippen LogP contribution is 2.42. The van der Waals surface area contributed by atoms with Gasteiger partial charge in [-0.3, -0.25) is 9.59 Å². The van der Waals surface area contributed by atoms with E-state index in [-0.39, 0.29) is 6.04 Å². The van der Waals surface area contributed by atoms with Crippen LogP contribution in [0.25, 0.3) is 0 Å². The van der Waals surface area contributed by atoms with Crippen molar-refractivity contribution in [2.75, 3.05) is 16.8 Å². The van der Waals surface area contributed by atoms with Crippen molar-refractivity contribution in [3.8, 4) is 0 Å². The van der Waals surface area contributed by atoms with Gasteiger partial charge in [-0.05, 0) is 29.5 Å². The number of hydrogen-bond acceptors (Lipinski definition) is 5. The molecule has 0 bridgehead atoms. The topological polar surface area (TPSA) is 69.6 Å². The van der Waals surface area contributed by atoms with Gasteiger partial charge in [0.1, 0.15) is 17.0 Å². The van der Waals surface area contributed by atoms with E-state index in [2.05, 4.69) is 5.32 Å². The van der Waals surface area contributed by atoms with Gasteiger partial charge in [-0.15, -0.1) is 0 Å². The van der Waals surface area contributed by atoms with Crippen LogP contribution in [0.2, 0.25) is 0 Å². The molecule has 1 fully saturated rings. The minimum atomic E-state index is -1.32. The van der Waals surface area contributed by atoms with Crippen molar-refractivity contribution in [2.45, 2.75) is 31.0 Å². The molecule has 2 N–H and O–H groups in total. The molecule has 0 amide bonds. The molecule has 1 atom stereocenters. The SMILES string of the molecule is O=c1c(NCc2ccccc2)c(N2CCC[C@H]2C(O)(c2ccccc2)c2ccccc2)c1=O. The van der Waals surface area contributed by atoms with Gasteiger partial charge in [0.25, 0.3) is 10.9 Å². The number of hydrogen-bond donors (Lipinski definition) is 2. The molecule has 0 aromatic heterocycles. The zero-order chi connectivity index (χ0) is 22.8. The third kappa shape index (κ3) is 3.64. The molecule has 5 nitrogen and oxygen atoms in total. The van der Waals surface area contributed by atoms with Gasteiger partial charge in [0.15, 0.2) is 0 Å². The van der Waals surface area contributed by atoms with Crippen LogP contribution in [0.5, 0.6) is 0 Å². The summed E-state index contributed by atoms with van der Waals surface area (Å²) >= 11 is 0. The Balaban J connectivity index is 1.53. The largest absolute Gasteiger partial charge is 0.378 e. The van der Waals surface area contributed by atoms with Crippen molar-refractivity contribution < 1.29 is 5.11 Å². The third-order valence-corrected chi connectivity index (χ3v) is 6.65. The predicted octanol–water partition coefficient (Wildman–Crippen LogP) is 3.80. The van der Waals surface area contributed by atoms with E-state index in [0.29, 0.717) is 30.9 Å². The Morgan fingerprint density at radius 3 is 1.94 bits per heavy atom. The van der Waals surface area contributed by atoms with Crippen LogP contribution >= 0.6 is 0 Å². The number of nitrogens with zero attached hydrogens (tertiary/aromatic N) is 1. The molecule has 0 radical (unpaired) electrons. The first-order chi connectivity index (χ1) is 16.1. The Morgan fingerprint density at radius 2 is 1.36 bits per heavy atom. The van der Waals surface area contributed by atoms with Crippen molar-refractivity contribution in [2.24, 2.45) is 0 Å². The highest BCUT2D eigenvalue weighted by atomic mass is 16.3. The fraction of sp³-hybridized carbons (Fsp3) is 0.214. The molecule has 4 aromatic carbocycles. The first-order valence-corrected chi connectivity index (χ1v) is 11.3. The standard InChI is InChI=1S/C28H26N2O3/c31-26-24(29-19-20-11-4-1-5-12-20)25(27(26)32)30-18-10-17-23(30)28(33,21-13-6-2-7-14-21)22-15-8-3-9-16-22/h1-9,11-16,23,29,33H,10,17-19H2/t23-/m0/s1. The predicted molar refractivity (Wildman–Crippen MR) is 131 cm³/mol. The maximum atomic E-state index is 12.7. The molecular formula is C28H26N2O3. The summed E-state index contributed by atoms with van der Waals surface area (Å²) in [6, 6.07) is 28.5. The molecule has 0 saturated carbocycles. The molecule has 0 unspecified atom stereocenters. The van der Waals surface area contributed by atoms with Gasteiger partial charge < -0.3 is 15.3 Å². The van der Waals surface area contributed by atoms with E-state index in [1.54, 1.807) is 0 Å². The average Bonchev–Trinajstić information content (AvgIpc) is 3.36. The molecule has 166 valence electrons. The monoisotopic (exact) mass is 438 g/mol. The highest BCUT2D eigenvalue weighted by molar-refractivity contribution is 5.76. The van der Waals surface area contributed by atoms with Crippen molar-refractivity contribution in [3.63, 3.8) is 0 Å². The normalized spacial score (nSPS) is 16.3. The summed E-state index contributed by atoms with van der Waals surface area (Å²) in [5, 5.41) is 15.4. The molecule has 1 heterocycles. The fourth-order valence-electron chi connectivity index (χ4n) is 5.01. The van der Waals surface area contributed by atoms with Crippen LogP contribution in [0.1, 0.15) is 29.5 Å². The lowest BCUT2D eigenvalue weighted by molar-refractivity contribution is 0.0529. The summed E-state index contributed by atoms with van der Waals surface area (Å²) in [5.74, 6) is 0. The zero-order valence-corrected chi connectivity index (χ0v) is 18.3. The lowest BCUT2D eigenvalue weighted by atomic mass is 9.79. The van der Waals surface area contributed by atoms with Gasteiger partial charge in [-0.1, -0.05) is 91.0 Å². The number of benzene rings is 3. The van der Waals surface area contributed by atoms with Crippen LogP contribution in [0.15, 0.2) is 101 Å². The molecule has 1 saturated heterocycles. The number of nitrogens with one attached hydrogen (secondary N) is 1.